The van der Waals surface area contributed by atoms with Crippen LogP contribution in [0.5, 0.6) is 0 Å². The second-order valence-corrected chi connectivity index (χ2v) is 7.21. The summed E-state index contributed by atoms with van der Waals surface area (Å²) in [4.78, 5) is 7.05. The van der Waals surface area contributed by atoms with Crippen molar-refractivity contribution in [2.75, 3.05) is 7.05 Å². The molecule has 2 aromatic heterocycles. The first kappa shape index (κ1) is 15.2. The Morgan fingerprint density at radius 3 is 2.90 bits per heavy atom. The van der Waals surface area contributed by atoms with Gasteiger partial charge in [0, 0.05) is 18.9 Å². The van der Waals surface area contributed by atoms with Crippen molar-refractivity contribution in [1.82, 2.24) is 20.0 Å². The van der Waals surface area contributed by atoms with E-state index in [9.17, 15) is 8.42 Å². The standard InChI is InChI=1S/C12H18N4O2S2/c1-3-10(12-14-4-5-15-12)16-20(17,18)11-6-9(7-13-2)8-19-11/h4-6,8,10,13,16H,3,7H2,1-2H3,(H,14,15). The van der Waals surface area contributed by atoms with Crippen molar-refractivity contribution in [3.8, 4) is 0 Å². The van der Waals surface area contributed by atoms with Crippen LogP contribution in [-0.4, -0.2) is 25.4 Å². The zero-order chi connectivity index (χ0) is 14.6. The topological polar surface area (TPSA) is 86.9 Å². The molecule has 0 aliphatic rings. The highest BCUT2D eigenvalue weighted by atomic mass is 32.2. The van der Waals surface area contributed by atoms with Crippen LogP contribution in [0.2, 0.25) is 0 Å². The molecule has 1 atom stereocenters. The molecule has 0 amide bonds. The Labute approximate surface area is 122 Å². The van der Waals surface area contributed by atoms with E-state index in [0.717, 1.165) is 5.56 Å². The van der Waals surface area contributed by atoms with Gasteiger partial charge in [-0.1, -0.05) is 6.92 Å². The summed E-state index contributed by atoms with van der Waals surface area (Å²) in [5, 5.41) is 4.85. The Morgan fingerprint density at radius 2 is 2.30 bits per heavy atom. The molecule has 6 nitrogen and oxygen atoms in total. The van der Waals surface area contributed by atoms with Crippen LogP contribution < -0.4 is 10.0 Å². The lowest BCUT2D eigenvalue weighted by Gasteiger charge is -2.13. The highest BCUT2D eigenvalue weighted by Crippen LogP contribution is 2.23. The van der Waals surface area contributed by atoms with Crippen LogP contribution in [0.4, 0.5) is 0 Å². The van der Waals surface area contributed by atoms with Gasteiger partial charge in [0.25, 0.3) is 10.0 Å². The van der Waals surface area contributed by atoms with Gasteiger partial charge in [0.1, 0.15) is 10.0 Å². The van der Waals surface area contributed by atoms with Crippen molar-refractivity contribution in [1.29, 1.82) is 0 Å². The smallest absolute Gasteiger partial charge is 0.250 e. The van der Waals surface area contributed by atoms with Crippen LogP contribution in [0.25, 0.3) is 0 Å². The molecule has 0 saturated heterocycles. The molecular weight excluding hydrogens is 296 g/mol. The Balaban J connectivity index is 2.17. The third-order valence-corrected chi connectivity index (χ3v) is 5.79. The van der Waals surface area contributed by atoms with Gasteiger partial charge in [-0.3, -0.25) is 0 Å². The van der Waals surface area contributed by atoms with E-state index in [1.165, 1.54) is 11.3 Å². The van der Waals surface area contributed by atoms with Crippen LogP contribution in [0, 0.1) is 0 Å². The van der Waals surface area contributed by atoms with Crippen molar-refractivity contribution in [3.63, 3.8) is 0 Å². The molecule has 0 aromatic carbocycles. The van der Waals surface area contributed by atoms with E-state index in [-0.39, 0.29) is 6.04 Å². The minimum absolute atomic E-state index is 0.327. The van der Waals surface area contributed by atoms with E-state index >= 15 is 0 Å². The second-order valence-electron chi connectivity index (χ2n) is 4.36. The quantitative estimate of drug-likeness (QED) is 0.725. The summed E-state index contributed by atoms with van der Waals surface area (Å²) in [5.74, 6) is 0.628. The van der Waals surface area contributed by atoms with Crippen molar-refractivity contribution in [2.24, 2.45) is 0 Å². The fourth-order valence-electron chi connectivity index (χ4n) is 1.84. The molecule has 0 aliphatic carbocycles. The van der Waals surface area contributed by atoms with Gasteiger partial charge in [0.15, 0.2) is 0 Å². The molecule has 0 fully saturated rings. The van der Waals surface area contributed by atoms with Gasteiger partial charge >= 0.3 is 0 Å². The summed E-state index contributed by atoms with van der Waals surface area (Å²) in [7, 11) is -1.69. The summed E-state index contributed by atoms with van der Waals surface area (Å²) >= 11 is 1.23. The van der Waals surface area contributed by atoms with Crippen LogP contribution in [0.1, 0.15) is 30.8 Å². The van der Waals surface area contributed by atoms with Crippen molar-refractivity contribution >= 4 is 21.4 Å². The zero-order valence-corrected chi connectivity index (χ0v) is 13.0. The van der Waals surface area contributed by atoms with E-state index in [2.05, 4.69) is 20.0 Å². The number of rotatable bonds is 7. The summed E-state index contributed by atoms with van der Waals surface area (Å²) in [6, 6.07) is 1.35. The summed E-state index contributed by atoms with van der Waals surface area (Å²) in [5.41, 5.74) is 0.962. The van der Waals surface area contributed by atoms with Gasteiger partial charge < -0.3 is 10.3 Å². The Morgan fingerprint density at radius 1 is 1.50 bits per heavy atom. The molecule has 3 N–H and O–H groups in total. The number of aromatic amines is 1. The molecule has 2 rings (SSSR count). The molecule has 0 spiro atoms. The maximum absolute atomic E-state index is 12.4. The average molecular weight is 314 g/mol. The monoisotopic (exact) mass is 314 g/mol. The highest BCUT2D eigenvalue weighted by Gasteiger charge is 2.23. The van der Waals surface area contributed by atoms with Gasteiger partial charge in [-0.15, -0.1) is 11.3 Å². The van der Waals surface area contributed by atoms with Crippen LogP contribution in [0.3, 0.4) is 0 Å². The lowest BCUT2D eigenvalue weighted by atomic mass is 10.2. The molecule has 0 saturated carbocycles. The van der Waals surface area contributed by atoms with Crippen molar-refractivity contribution in [3.05, 3.63) is 35.2 Å². The summed E-state index contributed by atoms with van der Waals surface area (Å²) in [6.07, 6.45) is 3.92. The lowest BCUT2D eigenvalue weighted by molar-refractivity contribution is 0.541. The molecule has 8 heteroatoms. The Hall–Kier alpha value is -1.22. The first-order valence-corrected chi connectivity index (χ1v) is 8.66. The van der Waals surface area contributed by atoms with Crippen molar-refractivity contribution < 1.29 is 8.42 Å². The first-order chi connectivity index (χ1) is 9.56. The Bertz CT molecular complexity index is 634. The van der Waals surface area contributed by atoms with Crippen molar-refractivity contribution in [2.45, 2.75) is 30.1 Å². The zero-order valence-electron chi connectivity index (χ0n) is 11.4. The normalized spacial score (nSPS) is 13.5. The van der Waals surface area contributed by atoms with E-state index < -0.39 is 10.0 Å². The minimum atomic E-state index is -3.51. The molecule has 0 aliphatic heterocycles. The lowest BCUT2D eigenvalue weighted by Crippen LogP contribution is -2.28. The van der Waals surface area contributed by atoms with Gasteiger partial charge in [0.05, 0.1) is 6.04 Å². The number of imidazole rings is 1. The summed E-state index contributed by atoms with van der Waals surface area (Å²) in [6.45, 7) is 2.57. The SMILES string of the molecule is CCC(NS(=O)(=O)c1cc(CNC)cs1)c1ncc[nH]1. The molecule has 0 bridgehead atoms. The molecule has 2 aromatic rings. The fourth-order valence-corrected chi connectivity index (χ4v) is 4.35. The fraction of sp³-hybridized carbons (Fsp3) is 0.417. The van der Waals surface area contributed by atoms with E-state index in [1.807, 2.05) is 19.4 Å². The van der Waals surface area contributed by atoms with E-state index in [0.29, 0.717) is 23.0 Å². The molecule has 1 unspecified atom stereocenters. The Kier molecular flexibility index (Phi) is 4.92. The van der Waals surface area contributed by atoms with Crippen LogP contribution in [0.15, 0.2) is 28.0 Å². The van der Waals surface area contributed by atoms with Crippen LogP contribution >= 0.6 is 11.3 Å². The predicted octanol–water partition coefficient (Wildman–Crippen LogP) is 1.62. The first-order valence-electron chi connectivity index (χ1n) is 6.30. The molecule has 2 heterocycles. The number of hydrogen-bond acceptors (Lipinski definition) is 5. The number of aromatic nitrogens is 2. The number of thiophene rings is 1. The summed E-state index contributed by atoms with van der Waals surface area (Å²) < 4.78 is 27.7. The molecule has 0 radical (unpaired) electrons. The number of hydrogen-bond donors (Lipinski definition) is 3. The van der Waals surface area contributed by atoms with Gasteiger partial charge in [-0.2, -0.15) is 4.72 Å². The molecular formula is C12H18N4O2S2. The van der Waals surface area contributed by atoms with E-state index in [4.69, 9.17) is 0 Å². The van der Waals surface area contributed by atoms with Gasteiger partial charge in [-0.25, -0.2) is 13.4 Å². The number of H-pyrrole nitrogens is 1. The third kappa shape index (κ3) is 3.45. The predicted molar refractivity (Wildman–Crippen MR) is 79.0 cm³/mol. The largest absolute Gasteiger partial charge is 0.347 e. The molecule has 20 heavy (non-hydrogen) atoms. The number of nitrogens with zero attached hydrogens (tertiary/aromatic N) is 1. The third-order valence-electron chi connectivity index (χ3n) is 2.83. The van der Waals surface area contributed by atoms with Gasteiger partial charge in [-0.05, 0) is 30.5 Å². The minimum Gasteiger partial charge on any atom is -0.347 e. The maximum atomic E-state index is 12.4. The van der Waals surface area contributed by atoms with Crippen LogP contribution in [-0.2, 0) is 16.6 Å². The number of sulfonamides is 1. The van der Waals surface area contributed by atoms with Gasteiger partial charge in [0.2, 0.25) is 0 Å². The maximum Gasteiger partial charge on any atom is 0.250 e. The number of nitrogens with one attached hydrogen (secondary N) is 3. The molecule has 110 valence electrons. The van der Waals surface area contributed by atoms with E-state index in [1.54, 1.807) is 18.5 Å². The average Bonchev–Trinajstić information content (AvgIpc) is 3.07. The second kappa shape index (κ2) is 6.49. The highest BCUT2D eigenvalue weighted by molar-refractivity contribution is 7.91.